The standard InChI is InChI=1S/C12H15ClO2/c1-14-12-6-10(7-13)4-5-11(12)15-8-9-2-3-9/h4-6,9H,2-3,7-8H2,1H3. The lowest BCUT2D eigenvalue weighted by Crippen LogP contribution is -2.01. The van der Waals surface area contributed by atoms with E-state index in [0.29, 0.717) is 5.88 Å². The van der Waals surface area contributed by atoms with Crippen LogP contribution in [0.4, 0.5) is 0 Å². The summed E-state index contributed by atoms with van der Waals surface area (Å²) in [5, 5.41) is 0. The fourth-order valence-corrected chi connectivity index (χ4v) is 1.57. The summed E-state index contributed by atoms with van der Waals surface area (Å²) >= 11 is 5.75. The minimum absolute atomic E-state index is 0.499. The van der Waals surface area contributed by atoms with Crippen LogP contribution < -0.4 is 9.47 Å². The number of benzene rings is 1. The van der Waals surface area contributed by atoms with Crippen molar-refractivity contribution in [3.05, 3.63) is 23.8 Å². The third kappa shape index (κ3) is 2.78. The number of ether oxygens (including phenoxy) is 2. The largest absolute Gasteiger partial charge is 0.493 e. The summed E-state index contributed by atoms with van der Waals surface area (Å²) in [6.45, 7) is 0.802. The molecule has 0 aliphatic heterocycles. The molecule has 1 saturated carbocycles. The van der Waals surface area contributed by atoms with Gasteiger partial charge < -0.3 is 9.47 Å². The Labute approximate surface area is 95.1 Å². The lowest BCUT2D eigenvalue weighted by Gasteiger charge is -2.11. The third-order valence-electron chi connectivity index (χ3n) is 2.55. The lowest BCUT2D eigenvalue weighted by molar-refractivity contribution is 0.280. The molecule has 2 nitrogen and oxygen atoms in total. The van der Waals surface area contributed by atoms with Gasteiger partial charge in [0.15, 0.2) is 11.5 Å². The number of hydrogen-bond donors (Lipinski definition) is 0. The zero-order valence-corrected chi connectivity index (χ0v) is 9.59. The number of rotatable bonds is 5. The van der Waals surface area contributed by atoms with Crippen LogP contribution >= 0.6 is 11.6 Å². The fourth-order valence-electron chi connectivity index (χ4n) is 1.41. The molecule has 1 aliphatic rings. The van der Waals surface area contributed by atoms with E-state index in [-0.39, 0.29) is 0 Å². The maximum absolute atomic E-state index is 5.75. The van der Waals surface area contributed by atoms with E-state index in [2.05, 4.69) is 0 Å². The molecular weight excluding hydrogens is 212 g/mol. The predicted molar refractivity (Wildman–Crippen MR) is 60.8 cm³/mol. The highest BCUT2D eigenvalue weighted by Gasteiger charge is 2.22. The molecule has 0 bridgehead atoms. The molecule has 0 N–H and O–H groups in total. The third-order valence-corrected chi connectivity index (χ3v) is 2.86. The van der Waals surface area contributed by atoms with Crippen LogP contribution in [0.25, 0.3) is 0 Å². The summed E-state index contributed by atoms with van der Waals surface area (Å²) in [6, 6.07) is 5.83. The van der Waals surface area contributed by atoms with Crippen molar-refractivity contribution >= 4 is 11.6 Å². The first-order valence-electron chi connectivity index (χ1n) is 5.19. The Hall–Kier alpha value is -0.890. The summed E-state index contributed by atoms with van der Waals surface area (Å²) in [7, 11) is 1.65. The molecule has 0 amide bonds. The quantitative estimate of drug-likeness (QED) is 0.718. The first-order valence-corrected chi connectivity index (χ1v) is 5.72. The minimum Gasteiger partial charge on any atom is -0.493 e. The molecule has 82 valence electrons. The van der Waals surface area contributed by atoms with Crippen LogP contribution in [0.1, 0.15) is 18.4 Å². The zero-order valence-electron chi connectivity index (χ0n) is 8.83. The van der Waals surface area contributed by atoms with E-state index in [1.807, 2.05) is 18.2 Å². The second kappa shape index (κ2) is 4.75. The van der Waals surface area contributed by atoms with Gasteiger partial charge in [-0.3, -0.25) is 0 Å². The van der Waals surface area contributed by atoms with Crippen molar-refractivity contribution in [3.8, 4) is 11.5 Å². The van der Waals surface area contributed by atoms with Crippen LogP contribution in [-0.4, -0.2) is 13.7 Å². The monoisotopic (exact) mass is 226 g/mol. The first kappa shape index (κ1) is 10.6. The molecule has 3 heteroatoms. The smallest absolute Gasteiger partial charge is 0.161 e. The topological polar surface area (TPSA) is 18.5 Å². The van der Waals surface area contributed by atoms with Gasteiger partial charge in [0, 0.05) is 5.88 Å². The van der Waals surface area contributed by atoms with Crippen molar-refractivity contribution in [2.75, 3.05) is 13.7 Å². The van der Waals surface area contributed by atoms with Crippen molar-refractivity contribution in [2.45, 2.75) is 18.7 Å². The van der Waals surface area contributed by atoms with Crippen LogP contribution in [-0.2, 0) is 5.88 Å². The highest BCUT2D eigenvalue weighted by molar-refractivity contribution is 6.17. The van der Waals surface area contributed by atoms with Crippen LogP contribution in [0, 0.1) is 5.92 Å². The van der Waals surface area contributed by atoms with Crippen molar-refractivity contribution in [1.29, 1.82) is 0 Å². The van der Waals surface area contributed by atoms with Crippen LogP contribution in [0.2, 0.25) is 0 Å². The Kier molecular flexibility index (Phi) is 3.37. The summed E-state index contributed by atoms with van der Waals surface area (Å²) in [5.74, 6) is 2.84. The normalized spacial score (nSPS) is 15.1. The highest BCUT2D eigenvalue weighted by Crippen LogP contribution is 2.33. The maximum atomic E-state index is 5.75. The second-order valence-electron chi connectivity index (χ2n) is 3.87. The van der Waals surface area contributed by atoms with Crippen LogP contribution in [0.3, 0.4) is 0 Å². The predicted octanol–water partition coefficient (Wildman–Crippen LogP) is 3.22. The van der Waals surface area contributed by atoms with Gasteiger partial charge in [-0.2, -0.15) is 0 Å². The Morgan fingerprint density at radius 3 is 2.73 bits per heavy atom. The van der Waals surface area contributed by atoms with Crippen molar-refractivity contribution < 1.29 is 9.47 Å². The molecule has 15 heavy (non-hydrogen) atoms. The highest BCUT2D eigenvalue weighted by atomic mass is 35.5. The summed E-state index contributed by atoms with van der Waals surface area (Å²) < 4.78 is 10.9. The van der Waals surface area contributed by atoms with Gasteiger partial charge in [-0.25, -0.2) is 0 Å². The summed E-state index contributed by atoms with van der Waals surface area (Å²) in [5.41, 5.74) is 1.05. The molecule has 0 radical (unpaired) electrons. The molecule has 1 fully saturated rings. The lowest BCUT2D eigenvalue weighted by atomic mass is 10.2. The Bertz CT molecular complexity index is 334. The van der Waals surface area contributed by atoms with Gasteiger partial charge in [0.1, 0.15) is 0 Å². The summed E-state index contributed by atoms with van der Waals surface area (Å²) in [4.78, 5) is 0. The molecule has 0 spiro atoms. The Balaban J connectivity index is 2.06. The molecule has 0 saturated heterocycles. The molecule has 1 aromatic carbocycles. The van der Waals surface area contributed by atoms with Crippen LogP contribution in [0.5, 0.6) is 11.5 Å². The molecule has 1 aromatic rings. The number of halogens is 1. The Morgan fingerprint density at radius 2 is 2.13 bits per heavy atom. The molecule has 1 aliphatic carbocycles. The van der Waals surface area contributed by atoms with Crippen LogP contribution in [0.15, 0.2) is 18.2 Å². The van der Waals surface area contributed by atoms with Gasteiger partial charge in [-0.15, -0.1) is 11.6 Å². The Morgan fingerprint density at radius 1 is 1.33 bits per heavy atom. The van der Waals surface area contributed by atoms with Gasteiger partial charge in [-0.1, -0.05) is 6.07 Å². The number of hydrogen-bond acceptors (Lipinski definition) is 2. The van der Waals surface area contributed by atoms with Gasteiger partial charge in [0.2, 0.25) is 0 Å². The van der Waals surface area contributed by atoms with Gasteiger partial charge in [0.05, 0.1) is 13.7 Å². The SMILES string of the molecule is COc1cc(CCl)ccc1OCC1CC1. The minimum atomic E-state index is 0.499. The van der Waals surface area contributed by atoms with Gasteiger partial charge >= 0.3 is 0 Å². The van der Waals surface area contributed by atoms with E-state index in [4.69, 9.17) is 21.1 Å². The molecule has 0 aromatic heterocycles. The molecule has 0 atom stereocenters. The van der Waals surface area contributed by atoms with E-state index < -0.39 is 0 Å². The van der Waals surface area contributed by atoms with E-state index in [1.165, 1.54) is 12.8 Å². The number of alkyl halides is 1. The zero-order chi connectivity index (χ0) is 10.7. The fraction of sp³-hybridized carbons (Fsp3) is 0.500. The average molecular weight is 227 g/mol. The second-order valence-corrected chi connectivity index (χ2v) is 4.14. The van der Waals surface area contributed by atoms with Crippen molar-refractivity contribution in [1.82, 2.24) is 0 Å². The molecule has 2 rings (SSSR count). The summed E-state index contributed by atoms with van der Waals surface area (Å²) in [6.07, 6.45) is 2.59. The van der Waals surface area contributed by atoms with Crippen molar-refractivity contribution in [2.24, 2.45) is 5.92 Å². The van der Waals surface area contributed by atoms with E-state index in [0.717, 1.165) is 29.6 Å². The maximum Gasteiger partial charge on any atom is 0.161 e. The first-order chi connectivity index (χ1) is 7.33. The van der Waals surface area contributed by atoms with Gasteiger partial charge in [0.25, 0.3) is 0 Å². The average Bonchev–Trinajstić information content (AvgIpc) is 3.10. The van der Waals surface area contributed by atoms with E-state index >= 15 is 0 Å². The van der Waals surface area contributed by atoms with E-state index in [9.17, 15) is 0 Å². The molecular formula is C12H15ClO2. The van der Waals surface area contributed by atoms with E-state index in [1.54, 1.807) is 7.11 Å². The van der Waals surface area contributed by atoms with Crippen molar-refractivity contribution in [3.63, 3.8) is 0 Å². The number of methoxy groups -OCH3 is 1. The molecule has 0 unspecified atom stereocenters. The molecule has 0 heterocycles. The van der Waals surface area contributed by atoms with Gasteiger partial charge in [-0.05, 0) is 36.5 Å².